The van der Waals surface area contributed by atoms with Crippen molar-refractivity contribution in [2.45, 2.75) is 111 Å². The molecule has 0 heterocycles. The van der Waals surface area contributed by atoms with Crippen LogP contribution in [0.2, 0.25) is 0 Å². The maximum absolute atomic E-state index is 13.0. The van der Waals surface area contributed by atoms with Crippen molar-refractivity contribution in [3.05, 3.63) is 22.7 Å². The van der Waals surface area contributed by atoms with E-state index in [0.717, 1.165) is 23.7 Å². The number of methoxy groups -OCH3 is 1. The van der Waals surface area contributed by atoms with Gasteiger partial charge in [-0.3, -0.25) is 9.59 Å². The molecule has 0 amide bonds. The Morgan fingerprint density at radius 1 is 0.765 bits per heavy atom. The van der Waals surface area contributed by atoms with Gasteiger partial charge in [-0.05, 0) is 37.5 Å². The van der Waals surface area contributed by atoms with E-state index in [1.54, 1.807) is 18.2 Å². The average Bonchev–Trinajstić information content (AvgIpc) is 2.84. The lowest BCUT2D eigenvalue weighted by Crippen LogP contribution is -2.42. The molecule has 0 saturated heterocycles. The molecule has 194 valence electrons. The van der Waals surface area contributed by atoms with Crippen molar-refractivity contribution >= 4 is 27.9 Å². The molecule has 5 nitrogen and oxygen atoms in total. The van der Waals surface area contributed by atoms with Gasteiger partial charge in [0.05, 0.1) is 13.7 Å². The Kier molecular flexibility index (Phi) is 16.0. The third kappa shape index (κ3) is 10.4. The van der Waals surface area contributed by atoms with Gasteiger partial charge in [-0.1, -0.05) is 107 Å². The molecule has 0 aliphatic rings. The van der Waals surface area contributed by atoms with Crippen molar-refractivity contribution in [1.29, 1.82) is 0 Å². The minimum absolute atomic E-state index is 0.288. The van der Waals surface area contributed by atoms with Gasteiger partial charge >= 0.3 is 11.9 Å². The minimum Gasteiger partial charge on any atom is -0.493 e. The van der Waals surface area contributed by atoms with E-state index in [4.69, 9.17) is 14.2 Å². The number of halogens is 1. The van der Waals surface area contributed by atoms with Crippen LogP contribution in [0.4, 0.5) is 0 Å². The van der Waals surface area contributed by atoms with E-state index >= 15 is 0 Å². The molecular formula is C28H45BrO5. The van der Waals surface area contributed by atoms with Gasteiger partial charge < -0.3 is 14.2 Å². The lowest BCUT2D eigenvalue weighted by atomic mass is 9.82. The Morgan fingerprint density at radius 2 is 1.29 bits per heavy atom. The largest absolute Gasteiger partial charge is 0.493 e. The molecule has 6 heteroatoms. The fourth-order valence-electron chi connectivity index (χ4n) is 4.08. The Hall–Kier alpha value is -1.56. The van der Waals surface area contributed by atoms with E-state index in [0.29, 0.717) is 25.2 Å². The number of hydrogen-bond acceptors (Lipinski definition) is 5. The van der Waals surface area contributed by atoms with Gasteiger partial charge in [0.2, 0.25) is 0 Å². The van der Waals surface area contributed by atoms with Crippen LogP contribution in [0.25, 0.3) is 0 Å². The fourth-order valence-corrected chi connectivity index (χ4v) is 4.42. The molecule has 0 aliphatic heterocycles. The predicted octanol–water partition coefficient (Wildman–Crippen LogP) is 8.41. The second-order valence-corrected chi connectivity index (χ2v) is 9.91. The standard InChI is InChI=1S/C28H45BrO5/c1-5-8-9-10-11-12-13-14-15-16-17-18-21-33-26(30)28(6-2,7-3)27(31)34-24-20-19-23(29)22-25(24)32-4/h19-20,22H,5-18,21H2,1-4H3. The SMILES string of the molecule is CCCCCCCCCCCCCCOC(=O)C(CC)(CC)C(=O)Oc1ccc(Br)cc1OC. The van der Waals surface area contributed by atoms with Crippen molar-refractivity contribution in [2.75, 3.05) is 13.7 Å². The second-order valence-electron chi connectivity index (χ2n) is 9.00. The fraction of sp³-hybridized carbons (Fsp3) is 0.714. The highest BCUT2D eigenvalue weighted by atomic mass is 79.9. The van der Waals surface area contributed by atoms with Gasteiger partial charge in [-0.2, -0.15) is 0 Å². The molecule has 34 heavy (non-hydrogen) atoms. The number of unbranched alkanes of at least 4 members (excludes halogenated alkanes) is 11. The Labute approximate surface area is 215 Å². The van der Waals surface area contributed by atoms with Gasteiger partial charge in [-0.25, -0.2) is 0 Å². The first-order valence-corrected chi connectivity index (χ1v) is 14.0. The van der Waals surface area contributed by atoms with Crippen LogP contribution in [-0.2, 0) is 14.3 Å². The normalized spacial score (nSPS) is 11.3. The number of hydrogen-bond donors (Lipinski definition) is 0. The first-order valence-electron chi connectivity index (χ1n) is 13.2. The molecule has 1 aromatic carbocycles. The summed E-state index contributed by atoms with van der Waals surface area (Å²) >= 11 is 3.37. The summed E-state index contributed by atoms with van der Waals surface area (Å²) in [6.07, 6.45) is 15.6. The van der Waals surface area contributed by atoms with Crippen molar-refractivity contribution < 1.29 is 23.8 Å². The molecule has 0 aromatic heterocycles. The molecule has 0 aliphatic carbocycles. The van der Waals surface area contributed by atoms with Crippen LogP contribution in [0.5, 0.6) is 11.5 Å². The molecule has 0 radical (unpaired) electrons. The third-order valence-electron chi connectivity index (χ3n) is 6.55. The van der Waals surface area contributed by atoms with Gasteiger partial charge in [0, 0.05) is 4.47 Å². The lowest BCUT2D eigenvalue weighted by molar-refractivity contribution is -0.168. The van der Waals surface area contributed by atoms with Crippen LogP contribution < -0.4 is 9.47 Å². The number of esters is 2. The highest BCUT2D eigenvalue weighted by Gasteiger charge is 2.46. The Morgan fingerprint density at radius 3 is 1.79 bits per heavy atom. The second kappa shape index (κ2) is 17.8. The summed E-state index contributed by atoms with van der Waals surface area (Å²) in [5.74, 6) is -0.385. The van der Waals surface area contributed by atoms with Gasteiger partial charge in [0.1, 0.15) is 0 Å². The summed E-state index contributed by atoms with van der Waals surface area (Å²) in [5, 5.41) is 0. The molecule has 1 aromatic rings. The zero-order chi connectivity index (χ0) is 25.2. The summed E-state index contributed by atoms with van der Waals surface area (Å²) in [6.45, 7) is 6.22. The number of ether oxygens (including phenoxy) is 3. The van der Waals surface area contributed by atoms with Crippen LogP contribution in [-0.4, -0.2) is 25.7 Å². The first kappa shape index (κ1) is 30.5. The van der Waals surface area contributed by atoms with Crippen molar-refractivity contribution in [3.63, 3.8) is 0 Å². The quantitative estimate of drug-likeness (QED) is 0.0762. The molecule has 1 rings (SSSR count). The molecule has 0 N–H and O–H groups in total. The van der Waals surface area contributed by atoms with Gasteiger partial charge in [0.15, 0.2) is 16.9 Å². The average molecular weight is 542 g/mol. The highest BCUT2D eigenvalue weighted by Crippen LogP contribution is 2.35. The van der Waals surface area contributed by atoms with Crippen molar-refractivity contribution in [1.82, 2.24) is 0 Å². The van der Waals surface area contributed by atoms with E-state index in [9.17, 15) is 9.59 Å². The number of benzene rings is 1. The Balaban J connectivity index is 2.37. The van der Waals surface area contributed by atoms with E-state index in [2.05, 4.69) is 22.9 Å². The maximum atomic E-state index is 13.0. The predicted molar refractivity (Wildman–Crippen MR) is 141 cm³/mol. The van der Waals surface area contributed by atoms with E-state index in [1.165, 1.54) is 64.9 Å². The zero-order valence-corrected chi connectivity index (χ0v) is 23.3. The summed E-state index contributed by atoms with van der Waals surface area (Å²) in [5.41, 5.74) is -1.31. The first-order chi connectivity index (χ1) is 16.4. The maximum Gasteiger partial charge on any atom is 0.328 e. The van der Waals surface area contributed by atoms with Crippen molar-refractivity contribution in [3.8, 4) is 11.5 Å². The van der Waals surface area contributed by atoms with E-state index in [-0.39, 0.29) is 5.75 Å². The molecule has 0 atom stereocenters. The topological polar surface area (TPSA) is 61.8 Å². The summed E-state index contributed by atoms with van der Waals surface area (Å²) in [4.78, 5) is 25.9. The lowest BCUT2D eigenvalue weighted by Gasteiger charge is -2.27. The molecule has 0 unspecified atom stereocenters. The summed E-state index contributed by atoms with van der Waals surface area (Å²) in [7, 11) is 1.51. The summed E-state index contributed by atoms with van der Waals surface area (Å²) in [6, 6.07) is 5.12. The van der Waals surface area contributed by atoms with Crippen LogP contribution in [0.15, 0.2) is 22.7 Å². The molecule has 0 fully saturated rings. The number of rotatable bonds is 19. The van der Waals surface area contributed by atoms with Gasteiger partial charge in [0.25, 0.3) is 0 Å². The summed E-state index contributed by atoms with van der Waals surface area (Å²) < 4.78 is 17.2. The smallest absolute Gasteiger partial charge is 0.328 e. The molecular weight excluding hydrogens is 496 g/mol. The monoisotopic (exact) mass is 540 g/mol. The van der Waals surface area contributed by atoms with Crippen LogP contribution >= 0.6 is 15.9 Å². The van der Waals surface area contributed by atoms with Crippen LogP contribution in [0.1, 0.15) is 111 Å². The molecule has 0 spiro atoms. The van der Waals surface area contributed by atoms with E-state index < -0.39 is 17.4 Å². The van der Waals surface area contributed by atoms with Gasteiger partial charge in [-0.15, -0.1) is 0 Å². The number of carbonyl (C=O) groups excluding carboxylic acids is 2. The minimum atomic E-state index is -1.31. The van der Waals surface area contributed by atoms with Crippen LogP contribution in [0, 0.1) is 5.41 Å². The highest BCUT2D eigenvalue weighted by molar-refractivity contribution is 9.10. The van der Waals surface area contributed by atoms with Crippen molar-refractivity contribution in [2.24, 2.45) is 5.41 Å². The molecule has 0 saturated carbocycles. The number of carbonyl (C=O) groups is 2. The van der Waals surface area contributed by atoms with Crippen LogP contribution in [0.3, 0.4) is 0 Å². The Bertz CT molecular complexity index is 715. The molecule has 0 bridgehead atoms. The third-order valence-corrected chi connectivity index (χ3v) is 7.04. The van der Waals surface area contributed by atoms with E-state index in [1.807, 2.05) is 13.8 Å². The zero-order valence-electron chi connectivity index (χ0n) is 21.8.